The van der Waals surface area contributed by atoms with Crippen molar-refractivity contribution in [2.45, 2.75) is 6.42 Å². The molecule has 0 amide bonds. The number of carbonyl (C=O) groups excluding carboxylic acids is 1. The van der Waals surface area contributed by atoms with E-state index in [1.165, 1.54) is 7.11 Å². The second kappa shape index (κ2) is 7.70. The van der Waals surface area contributed by atoms with Gasteiger partial charge in [0.1, 0.15) is 11.5 Å². The smallest absolute Gasteiger partial charge is 0.309 e. The Morgan fingerprint density at radius 3 is 2.30 bits per heavy atom. The van der Waals surface area contributed by atoms with Crippen LogP contribution in [0.15, 0.2) is 39.3 Å². The standard InChI is InChI=1S/C16H15Br2NO4/c1-21-14-4-3-10(8-13(14)19)23-16-11(17)5-9(6-12(16)18)7-15(20)22-2/h3-6,8H,7,19H2,1-2H3. The lowest BCUT2D eigenvalue weighted by Crippen LogP contribution is -2.04. The van der Waals surface area contributed by atoms with Crippen molar-refractivity contribution in [2.75, 3.05) is 20.0 Å². The molecule has 0 saturated carbocycles. The molecule has 2 rings (SSSR count). The number of nitrogens with two attached hydrogens (primary N) is 1. The maximum Gasteiger partial charge on any atom is 0.309 e. The Balaban J connectivity index is 2.26. The van der Waals surface area contributed by atoms with Gasteiger partial charge in [0, 0.05) is 6.07 Å². The molecule has 2 aromatic rings. The first-order chi connectivity index (χ1) is 10.9. The third kappa shape index (κ3) is 4.39. The second-order valence-corrected chi connectivity index (χ2v) is 6.36. The van der Waals surface area contributed by atoms with Gasteiger partial charge < -0.3 is 19.9 Å². The molecule has 0 bridgehead atoms. The molecule has 0 atom stereocenters. The van der Waals surface area contributed by atoms with Gasteiger partial charge in [0.15, 0.2) is 5.75 Å². The van der Waals surface area contributed by atoms with E-state index in [1.54, 1.807) is 25.3 Å². The van der Waals surface area contributed by atoms with Crippen LogP contribution in [-0.2, 0) is 16.0 Å². The van der Waals surface area contributed by atoms with Crippen LogP contribution in [0.3, 0.4) is 0 Å². The minimum Gasteiger partial charge on any atom is -0.495 e. The molecule has 0 fully saturated rings. The summed E-state index contributed by atoms with van der Waals surface area (Å²) in [5.41, 5.74) is 7.16. The average molecular weight is 445 g/mol. The predicted octanol–water partition coefficient (Wildman–Crippen LogP) is 4.31. The molecular formula is C16H15Br2NO4. The van der Waals surface area contributed by atoms with Crippen LogP contribution in [0.5, 0.6) is 17.2 Å². The third-order valence-electron chi connectivity index (χ3n) is 3.06. The number of methoxy groups -OCH3 is 2. The van der Waals surface area contributed by atoms with Crippen LogP contribution in [0.1, 0.15) is 5.56 Å². The Hall–Kier alpha value is -1.73. The van der Waals surface area contributed by atoms with Crippen molar-refractivity contribution in [3.8, 4) is 17.2 Å². The van der Waals surface area contributed by atoms with Gasteiger partial charge in [-0.15, -0.1) is 0 Å². The molecular weight excluding hydrogens is 430 g/mol. The minimum atomic E-state index is -0.305. The summed E-state index contributed by atoms with van der Waals surface area (Å²) in [4.78, 5) is 11.4. The monoisotopic (exact) mass is 443 g/mol. The number of hydrogen-bond acceptors (Lipinski definition) is 5. The molecule has 0 saturated heterocycles. The highest BCUT2D eigenvalue weighted by Gasteiger charge is 2.13. The van der Waals surface area contributed by atoms with Crippen LogP contribution in [0.4, 0.5) is 5.69 Å². The fraction of sp³-hybridized carbons (Fsp3) is 0.188. The van der Waals surface area contributed by atoms with Gasteiger partial charge in [-0.2, -0.15) is 0 Å². The summed E-state index contributed by atoms with van der Waals surface area (Å²) in [6.45, 7) is 0. The van der Waals surface area contributed by atoms with E-state index in [0.717, 1.165) is 5.56 Å². The van der Waals surface area contributed by atoms with Gasteiger partial charge in [-0.05, 0) is 61.7 Å². The van der Waals surface area contributed by atoms with E-state index in [9.17, 15) is 4.79 Å². The zero-order valence-electron chi connectivity index (χ0n) is 12.6. The second-order valence-electron chi connectivity index (χ2n) is 4.65. The quantitative estimate of drug-likeness (QED) is 0.549. The van der Waals surface area contributed by atoms with E-state index < -0.39 is 0 Å². The van der Waals surface area contributed by atoms with E-state index in [0.29, 0.717) is 31.9 Å². The SMILES string of the molecule is COC(=O)Cc1cc(Br)c(Oc2ccc(OC)c(N)c2)c(Br)c1. The normalized spacial score (nSPS) is 10.3. The van der Waals surface area contributed by atoms with E-state index in [-0.39, 0.29) is 12.4 Å². The van der Waals surface area contributed by atoms with Gasteiger partial charge in [0.05, 0.1) is 35.3 Å². The van der Waals surface area contributed by atoms with Crippen LogP contribution in [-0.4, -0.2) is 20.2 Å². The molecule has 0 radical (unpaired) electrons. The first kappa shape index (κ1) is 17.6. The Morgan fingerprint density at radius 1 is 1.13 bits per heavy atom. The van der Waals surface area contributed by atoms with Crippen molar-refractivity contribution in [1.29, 1.82) is 0 Å². The van der Waals surface area contributed by atoms with Crippen molar-refractivity contribution in [3.63, 3.8) is 0 Å². The Bertz CT molecular complexity index is 711. The molecule has 0 unspecified atom stereocenters. The molecule has 122 valence electrons. The van der Waals surface area contributed by atoms with Crippen molar-refractivity contribution in [2.24, 2.45) is 0 Å². The third-order valence-corrected chi connectivity index (χ3v) is 4.23. The molecule has 0 aliphatic heterocycles. The fourth-order valence-corrected chi connectivity index (χ4v) is 3.39. The highest BCUT2D eigenvalue weighted by molar-refractivity contribution is 9.11. The average Bonchev–Trinajstić information content (AvgIpc) is 2.51. The van der Waals surface area contributed by atoms with Gasteiger partial charge in [-0.25, -0.2) is 0 Å². The summed E-state index contributed by atoms with van der Waals surface area (Å²) in [6, 6.07) is 8.79. The number of anilines is 1. The summed E-state index contributed by atoms with van der Waals surface area (Å²) in [5, 5.41) is 0. The van der Waals surface area contributed by atoms with Gasteiger partial charge in [0.2, 0.25) is 0 Å². The van der Waals surface area contributed by atoms with Crippen LogP contribution in [0, 0.1) is 0 Å². The predicted molar refractivity (Wildman–Crippen MR) is 95.0 cm³/mol. The molecule has 0 aromatic heterocycles. The minimum absolute atomic E-state index is 0.184. The number of benzene rings is 2. The Morgan fingerprint density at radius 2 is 1.78 bits per heavy atom. The number of halogens is 2. The fourth-order valence-electron chi connectivity index (χ4n) is 1.94. The summed E-state index contributed by atoms with van der Waals surface area (Å²) in [6.07, 6.45) is 0.184. The topological polar surface area (TPSA) is 70.8 Å². The number of hydrogen-bond donors (Lipinski definition) is 1. The molecule has 0 heterocycles. The molecule has 0 spiro atoms. The van der Waals surface area contributed by atoms with Crippen LogP contribution < -0.4 is 15.2 Å². The number of carbonyl (C=O) groups is 1. The number of rotatable bonds is 5. The lowest BCUT2D eigenvalue weighted by Gasteiger charge is -2.13. The van der Waals surface area contributed by atoms with Crippen molar-refractivity contribution >= 4 is 43.5 Å². The van der Waals surface area contributed by atoms with Gasteiger partial charge >= 0.3 is 5.97 Å². The van der Waals surface area contributed by atoms with E-state index in [1.807, 2.05) is 12.1 Å². The van der Waals surface area contributed by atoms with Crippen molar-refractivity contribution < 1.29 is 19.0 Å². The largest absolute Gasteiger partial charge is 0.495 e. The van der Waals surface area contributed by atoms with Gasteiger partial charge in [-0.1, -0.05) is 0 Å². The van der Waals surface area contributed by atoms with Gasteiger partial charge in [-0.3, -0.25) is 4.79 Å². The lowest BCUT2D eigenvalue weighted by molar-refractivity contribution is -0.139. The van der Waals surface area contributed by atoms with Crippen LogP contribution in [0.25, 0.3) is 0 Å². The molecule has 0 aliphatic carbocycles. The highest BCUT2D eigenvalue weighted by atomic mass is 79.9. The first-order valence-electron chi connectivity index (χ1n) is 6.60. The van der Waals surface area contributed by atoms with Crippen molar-refractivity contribution in [3.05, 3.63) is 44.8 Å². The highest BCUT2D eigenvalue weighted by Crippen LogP contribution is 2.39. The molecule has 7 heteroatoms. The molecule has 2 N–H and O–H groups in total. The summed E-state index contributed by atoms with van der Waals surface area (Å²) in [7, 11) is 2.91. The van der Waals surface area contributed by atoms with Crippen LogP contribution >= 0.6 is 31.9 Å². The Kier molecular flexibility index (Phi) is 5.90. The van der Waals surface area contributed by atoms with E-state index >= 15 is 0 Å². The molecule has 5 nitrogen and oxygen atoms in total. The number of ether oxygens (including phenoxy) is 3. The molecule has 23 heavy (non-hydrogen) atoms. The molecule has 0 aliphatic rings. The summed E-state index contributed by atoms with van der Waals surface area (Å²) in [5.74, 6) is 1.44. The van der Waals surface area contributed by atoms with Crippen LogP contribution in [0.2, 0.25) is 0 Å². The lowest BCUT2D eigenvalue weighted by atomic mass is 10.1. The molecule has 2 aromatic carbocycles. The van der Waals surface area contributed by atoms with E-state index in [4.69, 9.17) is 15.2 Å². The maximum absolute atomic E-state index is 11.4. The Labute approximate surface area is 151 Å². The summed E-state index contributed by atoms with van der Waals surface area (Å²) < 4.78 is 17.1. The maximum atomic E-state index is 11.4. The number of nitrogen functional groups attached to an aromatic ring is 1. The zero-order chi connectivity index (χ0) is 17.0. The van der Waals surface area contributed by atoms with E-state index in [2.05, 4.69) is 36.6 Å². The number of esters is 1. The first-order valence-corrected chi connectivity index (χ1v) is 8.19. The van der Waals surface area contributed by atoms with Gasteiger partial charge in [0.25, 0.3) is 0 Å². The van der Waals surface area contributed by atoms with Crippen molar-refractivity contribution in [1.82, 2.24) is 0 Å². The summed E-state index contributed by atoms with van der Waals surface area (Å²) >= 11 is 6.90. The zero-order valence-corrected chi connectivity index (χ0v) is 15.7.